The molecule has 4 saturated carbocycles. The van der Waals surface area contributed by atoms with E-state index in [0.29, 0.717) is 51.4 Å². The van der Waals surface area contributed by atoms with Crippen molar-refractivity contribution in [2.24, 2.45) is 50.2 Å². The maximum Gasteiger partial charge on any atom is 0.315 e. The van der Waals surface area contributed by atoms with Crippen LogP contribution in [-0.2, 0) is 38.0 Å². The lowest BCUT2D eigenvalue weighted by Crippen LogP contribution is -2.78. The molecular formula is C53H86O23. The summed E-state index contributed by atoms with van der Waals surface area (Å²) in [5, 5.41) is 165. The van der Waals surface area contributed by atoms with E-state index < -0.39 is 188 Å². The van der Waals surface area contributed by atoms with Crippen molar-refractivity contribution in [1.82, 2.24) is 0 Å². The second-order valence-electron chi connectivity index (χ2n) is 26.1. The fourth-order valence-corrected chi connectivity index (χ4v) is 16.6. The van der Waals surface area contributed by atoms with Crippen molar-refractivity contribution in [2.75, 3.05) is 26.4 Å². The van der Waals surface area contributed by atoms with Crippen LogP contribution in [0.15, 0.2) is 11.6 Å². The van der Waals surface area contributed by atoms with Crippen LogP contribution in [0.25, 0.3) is 0 Å². The van der Waals surface area contributed by atoms with Gasteiger partial charge in [-0.1, -0.05) is 60.1 Å². The van der Waals surface area contributed by atoms with Gasteiger partial charge in [0.15, 0.2) is 18.2 Å². The molecule has 23 heteroatoms. The Morgan fingerprint density at radius 1 is 0.605 bits per heavy atom. The highest BCUT2D eigenvalue weighted by molar-refractivity contribution is 5.79. The van der Waals surface area contributed by atoms with Crippen LogP contribution >= 0.6 is 0 Å². The van der Waals surface area contributed by atoms with Gasteiger partial charge in [-0.25, -0.2) is 0 Å². The van der Waals surface area contributed by atoms with Gasteiger partial charge in [-0.3, -0.25) is 4.79 Å². The molecular weight excluding hydrogens is 1000 g/mol. The zero-order valence-electron chi connectivity index (χ0n) is 44.5. The van der Waals surface area contributed by atoms with Crippen LogP contribution in [0.4, 0.5) is 0 Å². The highest BCUT2D eigenvalue weighted by Crippen LogP contribution is 2.76. The lowest BCUT2D eigenvalue weighted by molar-refractivity contribution is -0.413. The molecule has 5 aliphatic carbocycles. The average Bonchev–Trinajstić information content (AvgIpc) is 3.37. The predicted octanol–water partition coefficient (Wildman–Crippen LogP) is -3.04. The van der Waals surface area contributed by atoms with Gasteiger partial charge in [0.25, 0.3) is 0 Å². The van der Waals surface area contributed by atoms with Gasteiger partial charge in [0.05, 0.1) is 44.1 Å². The van der Waals surface area contributed by atoms with E-state index in [0.717, 1.165) is 12.0 Å². The van der Waals surface area contributed by atoms with Crippen LogP contribution in [0, 0.1) is 50.2 Å². The summed E-state index contributed by atoms with van der Waals surface area (Å²) in [7, 11) is 0. The van der Waals surface area contributed by atoms with Crippen LogP contribution in [0.5, 0.6) is 0 Å². The summed E-state index contributed by atoms with van der Waals surface area (Å²) in [6.45, 7) is 11.9. The third-order valence-corrected chi connectivity index (χ3v) is 21.7. The van der Waals surface area contributed by atoms with Crippen LogP contribution in [0.2, 0.25) is 0 Å². The fourth-order valence-electron chi connectivity index (χ4n) is 16.6. The molecule has 8 fully saturated rings. The standard InChI is InChI=1S/C53H86O23/c1-47(2)14-16-52(46(68)76-44-38(65)35(62)33(60)25(19-55)72-44)17-15-50(6)22(30(52)40(47)67)8-9-28-49(5)12-11-29(48(3,4)27(49)10-13-51(28,50)7)74-45-42(75-43-37(64)31(58)23(57)21-70-43)53(69,39(66)26(20-56)73-45)41-36(63)34(61)32(59)24(18-54)71-41/h8,23-45,54-67,69H,9-21H2,1-7H3/t23-,24-,25-,26-,27+,28-,29+,30-,31+,32-,33-,34+,35+,36-,37-,38-,39-,40+,41-,42+,43+,44+,45+,49+,50-,51-,52+,53-/m1/s1. The first-order valence-electron chi connectivity index (χ1n) is 27.3. The lowest BCUT2D eigenvalue weighted by Gasteiger charge is -2.71. The van der Waals surface area contributed by atoms with E-state index in [4.69, 9.17) is 33.2 Å². The normalized spacial score (nSPS) is 55.0. The van der Waals surface area contributed by atoms with Gasteiger partial charge in [-0.2, -0.15) is 0 Å². The largest absolute Gasteiger partial charge is 0.432 e. The van der Waals surface area contributed by atoms with E-state index in [-0.39, 0.29) is 22.7 Å². The number of aliphatic hydroxyl groups excluding tert-OH is 14. The summed E-state index contributed by atoms with van der Waals surface area (Å²) >= 11 is 0. The zero-order chi connectivity index (χ0) is 55.8. The summed E-state index contributed by atoms with van der Waals surface area (Å²) in [4.78, 5) is 14.8. The molecule has 436 valence electrons. The Morgan fingerprint density at radius 3 is 1.84 bits per heavy atom. The van der Waals surface area contributed by atoms with Crippen molar-refractivity contribution in [2.45, 2.75) is 234 Å². The first kappa shape index (κ1) is 59.0. The van der Waals surface area contributed by atoms with Crippen molar-refractivity contribution in [3.8, 4) is 0 Å². The summed E-state index contributed by atoms with van der Waals surface area (Å²) in [5.41, 5.74) is -5.76. The van der Waals surface area contributed by atoms with E-state index in [1.807, 2.05) is 13.8 Å². The summed E-state index contributed by atoms with van der Waals surface area (Å²) < 4.78 is 42.4. The molecule has 0 aromatic heterocycles. The molecule has 0 aromatic rings. The molecule has 9 rings (SSSR count). The minimum absolute atomic E-state index is 0.0440. The minimum Gasteiger partial charge on any atom is -0.432 e. The van der Waals surface area contributed by atoms with Gasteiger partial charge >= 0.3 is 5.97 Å². The monoisotopic (exact) mass is 1090 g/mol. The predicted molar refractivity (Wildman–Crippen MR) is 258 cm³/mol. The topological polar surface area (TPSA) is 385 Å². The first-order valence-corrected chi connectivity index (χ1v) is 27.3. The molecule has 0 spiro atoms. The summed E-state index contributed by atoms with van der Waals surface area (Å²) in [6, 6.07) is 0. The van der Waals surface area contributed by atoms with Gasteiger partial charge in [-0.15, -0.1) is 0 Å². The van der Waals surface area contributed by atoms with Crippen LogP contribution < -0.4 is 0 Å². The minimum atomic E-state index is -2.94. The molecule has 4 saturated heterocycles. The Morgan fingerprint density at radius 2 is 1.20 bits per heavy atom. The number of fused-ring (bicyclic) bond motifs is 7. The number of hydrogen-bond acceptors (Lipinski definition) is 23. The Kier molecular flexibility index (Phi) is 16.0. The molecule has 4 heterocycles. The second-order valence-corrected chi connectivity index (χ2v) is 26.1. The third-order valence-electron chi connectivity index (χ3n) is 21.7. The van der Waals surface area contributed by atoms with E-state index in [1.165, 1.54) is 0 Å². The van der Waals surface area contributed by atoms with E-state index in [1.54, 1.807) is 0 Å². The molecule has 0 aromatic carbocycles. The van der Waals surface area contributed by atoms with Gasteiger partial charge < -0.3 is 110 Å². The summed E-state index contributed by atoms with van der Waals surface area (Å²) in [6.07, 6.45) is -27.3. The third kappa shape index (κ3) is 8.74. The van der Waals surface area contributed by atoms with Gasteiger partial charge in [0.1, 0.15) is 91.6 Å². The van der Waals surface area contributed by atoms with E-state index >= 15 is 0 Å². The molecule has 15 N–H and O–H groups in total. The number of rotatable bonds is 10. The van der Waals surface area contributed by atoms with Crippen LogP contribution in [0.1, 0.15) is 106 Å². The molecule has 0 unspecified atom stereocenters. The number of carbonyl (C=O) groups excluding carboxylic acids is 1. The van der Waals surface area contributed by atoms with Gasteiger partial charge in [-0.05, 0) is 96.7 Å². The first-order chi connectivity index (χ1) is 35.5. The molecule has 0 amide bonds. The smallest absolute Gasteiger partial charge is 0.315 e. The number of allylic oxidation sites excluding steroid dienone is 1. The van der Waals surface area contributed by atoms with Crippen LogP contribution in [-0.4, -0.2) is 237 Å². The average molecular weight is 1090 g/mol. The number of esters is 1. The Labute approximate surface area is 442 Å². The number of hydrogen-bond donors (Lipinski definition) is 15. The molecule has 0 radical (unpaired) electrons. The van der Waals surface area contributed by atoms with Crippen molar-refractivity contribution in [1.29, 1.82) is 0 Å². The molecule has 76 heavy (non-hydrogen) atoms. The molecule has 9 aliphatic rings. The Hall–Kier alpha value is -1.63. The summed E-state index contributed by atoms with van der Waals surface area (Å²) in [5.74, 6) is -1.35. The maximum atomic E-state index is 14.8. The van der Waals surface area contributed by atoms with E-state index in [9.17, 15) is 81.4 Å². The van der Waals surface area contributed by atoms with E-state index in [2.05, 4.69) is 40.7 Å². The highest BCUT2D eigenvalue weighted by Gasteiger charge is 2.73. The highest BCUT2D eigenvalue weighted by atomic mass is 16.8. The van der Waals surface area contributed by atoms with Gasteiger partial charge in [0.2, 0.25) is 6.29 Å². The number of ether oxygens (including phenoxy) is 7. The molecule has 4 aliphatic heterocycles. The fraction of sp³-hybridized carbons (Fsp3) is 0.943. The Bertz CT molecular complexity index is 2130. The van der Waals surface area contributed by atoms with Crippen LogP contribution in [0.3, 0.4) is 0 Å². The number of carbonyl (C=O) groups is 1. The van der Waals surface area contributed by atoms with Crippen molar-refractivity contribution in [3.05, 3.63) is 11.6 Å². The number of aliphatic hydroxyl groups is 15. The Balaban J connectivity index is 1.02. The SMILES string of the molecule is CC1(C)CC[C@]2(C(=O)O[C@@H]3O[C@H](CO)[C@@H](O)[C@H](O)[C@H]3O)CC[C@]3(C)C(=CC[C@@H]4[C@@]5(C)CC[C@H](O[C@@H]6O[C@H](CO)[C@@H](O)[C@@](O)([C@@H]7O[C@H](CO)[C@@H](O)[C@H](O)[C@H]7O)[C@H]6O[C@@H]6OC[C@@H](O)[C@H](O)[C@H]6O)C(C)(C)[C@@H]5CC[C@]43C)[C@@H]2[C@@H]1O. The molecule has 0 bridgehead atoms. The zero-order valence-corrected chi connectivity index (χ0v) is 44.5. The maximum absolute atomic E-state index is 14.8. The second kappa shape index (κ2) is 20.7. The van der Waals surface area contributed by atoms with Crippen molar-refractivity contribution < 1.29 is 115 Å². The molecule has 28 atom stereocenters. The lowest BCUT2D eigenvalue weighted by atomic mass is 9.33. The molecule has 23 nitrogen and oxygen atoms in total. The quantitative estimate of drug-likeness (QED) is 0.0587. The van der Waals surface area contributed by atoms with Gasteiger partial charge in [0, 0.05) is 5.92 Å². The van der Waals surface area contributed by atoms with Crippen molar-refractivity contribution in [3.63, 3.8) is 0 Å². The van der Waals surface area contributed by atoms with Crippen molar-refractivity contribution >= 4 is 5.97 Å².